The number of fused-ring (bicyclic) bond motifs is 3. The zero-order valence-electron chi connectivity index (χ0n) is 29.0. The van der Waals surface area contributed by atoms with Gasteiger partial charge < -0.3 is 4.57 Å². The maximum Gasteiger partial charge on any atom is 0.0998 e. The van der Waals surface area contributed by atoms with Crippen molar-refractivity contribution >= 4 is 21.8 Å². The number of hydrogen-bond donors (Lipinski definition) is 0. The van der Waals surface area contributed by atoms with Gasteiger partial charge in [-0.15, -0.1) is 0 Å². The zero-order valence-corrected chi connectivity index (χ0v) is 29.0. The van der Waals surface area contributed by atoms with Gasteiger partial charge in [0.15, 0.2) is 0 Å². The molecule has 0 radical (unpaired) electrons. The van der Waals surface area contributed by atoms with Crippen molar-refractivity contribution in [2.75, 3.05) is 0 Å². The Labute approximate surface area is 289 Å². The fraction of sp³-hybridized carbons (Fsp3) is 0.174. The predicted octanol–water partition coefficient (Wildman–Crippen LogP) is 12.1. The summed E-state index contributed by atoms with van der Waals surface area (Å²) in [7, 11) is 0. The molecule has 7 aromatic rings. The average molecular weight is 634 g/mol. The first-order valence-corrected chi connectivity index (χ1v) is 16.8. The molecular weight excluding hydrogens is 595 g/mol. The summed E-state index contributed by atoms with van der Waals surface area (Å²) in [6.07, 6.45) is 0. The summed E-state index contributed by atoms with van der Waals surface area (Å²) in [5.74, 6) is 0. The molecule has 3 heteroatoms. The topological polar surface area (TPSA) is 52.5 Å². The van der Waals surface area contributed by atoms with E-state index in [9.17, 15) is 10.5 Å². The molecule has 7 rings (SSSR count). The van der Waals surface area contributed by atoms with Crippen molar-refractivity contribution in [2.45, 2.75) is 52.4 Å². The number of benzene rings is 6. The number of nitrogens with zero attached hydrogens (tertiary/aromatic N) is 3. The van der Waals surface area contributed by atoms with Crippen LogP contribution in [0, 0.1) is 22.7 Å². The Kier molecular flexibility index (Phi) is 7.74. The first-order chi connectivity index (χ1) is 23.5. The molecule has 6 aromatic carbocycles. The Morgan fingerprint density at radius 3 is 1.49 bits per heavy atom. The summed E-state index contributed by atoms with van der Waals surface area (Å²) in [4.78, 5) is 0. The van der Waals surface area contributed by atoms with Crippen LogP contribution in [-0.2, 0) is 10.8 Å². The SMILES string of the molecule is CC(C)(C)c1ccc2c(c1)c1cc(C(C)(C)C)ccc1n2-c1cc(-c2ccccc2)c(-c2ccc(C#N)cc2C#N)cc1-c1ccccc1. The van der Waals surface area contributed by atoms with Crippen LogP contribution in [0.15, 0.2) is 127 Å². The van der Waals surface area contributed by atoms with Gasteiger partial charge >= 0.3 is 0 Å². The second kappa shape index (κ2) is 12.0. The molecule has 1 heterocycles. The van der Waals surface area contributed by atoms with Crippen LogP contribution in [-0.4, -0.2) is 4.57 Å². The molecule has 0 saturated carbocycles. The molecule has 0 aliphatic rings. The van der Waals surface area contributed by atoms with Crippen LogP contribution in [0.3, 0.4) is 0 Å². The molecular formula is C46H39N3. The molecule has 0 aliphatic carbocycles. The van der Waals surface area contributed by atoms with Crippen LogP contribution in [0.1, 0.15) is 63.8 Å². The monoisotopic (exact) mass is 633 g/mol. The third-order valence-corrected chi connectivity index (χ3v) is 9.60. The molecule has 238 valence electrons. The highest BCUT2D eigenvalue weighted by Gasteiger charge is 2.24. The minimum Gasteiger partial charge on any atom is -0.309 e. The van der Waals surface area contributed by atoms with E-state index in [2.05, 4.69) is 155 Å². The quantitative estimate of drug-likeness (QED) is 0.194. The highest BCUT2D eigenvalue weighted by Crippen LogP contribution is 2.44. The lowest BCUT2D eigenvalue weighted by molar-refractivity contribution is 0.590. The summed E-state index contributed by atoms with van der Waals surface area (Å²) < 4.78 is 2.42. The van der Waals surface area contributed by atoms with Crippen molar-refractivity contribution in [3.8, 4) is 51.2 Å². The summed E-state index contributed by atoms with van der Waals surface area (Å²) in [5.41, 5.74) is 12.9. The molecule has 0 bridgehead atoms. The maximum atomic E-state index is 10.3. The third kappa shape index (κ3) is 5.69. The third-order valence-electron chi connectivity index (χ3n) is 9.60. The summed E-state index contributed by atoms with van der Waals surface area (Å²) in [6, 6.07) is 49.2. The van der Waals surface area contributed by atoms with E-state index in [0.29, 0.717) is 11.1 Å². The predicted molar refractivity (Wildman–Crippen MR) is 204 cm³/mol. The van der Waals surface area contributed by atoms with Crippen LogP contribution in [0.2, 0.25) is 0 Å². The first-order valence-electron chi connectivity index (χ1n) is 16.8. The lowest BCUT2D eigenvalue weighted by Crippen LogP contribution is -2.10. The fourth-order valence-corrected chi connectivity index (χ4v) is 6.86. The Balaban J connectivity index is 1.65. The largest absolute Gasteiger partial charge is 0.309 e. The van der Waals surface area contributed by atoms with Crippen molar-refractivity contribution in [3.63, 3.8) is 0 Å². The van der Waals surface area contributed by atoms with Gasteiger partial charge in [-0.25, -0.2) is 0 Å². The lowest BCUT2D eigenvalue weighted by atomic mass is 9.85. The van der Waals surface area contributed by atoms with E-state index in [1.165, 1.54) is 21.9 Å². The van der Waals surface area contributed by atoms with E-state index in [4.69, 9.17) is 0 Å². The molecule has 49 heavy (non-hydrogen) atoms. The summed E-state index contributed by atoms with van der Waals surface area (Å²) >= 11 is 0. The van der Waals surface area contributed by atoms with E-state index in [1.807, 2.05) is 18.2 Å². The minimum atomic E-state index is 0.00111. The van der Waals surface area contributed by atoms with Crippen molar-refractivity contribution < 1.29 is 0 Å². The summed E-state index contributed by atoms with van der Waals surface area (Å²) in [5, 5.41) is 22.4. The van der Waals surface area contributed by atoms with Gasteiger partial charge in [-0.05, 0) is 92.7 Å². The molecule has 0 amide bonds. The molecule has 0 aliphatic heterocycles. The first kappa shape index (κ1) is 31.7. The highest BCUT2D eigenvalue weighted by molar-refractivity contribution is 6.11. The molecule has 0 fully saturated rings. The maximum absolute atomic E-state index is 10.3. The van der Waals surface area contributed by atoms with E-state index in [1.54, 1.807) is 12.1 Å². The van der Waals surface area contributed by atoms with Gasteiger partial charge in [0.2, 0.25) is 0 Å². The van der Waals surface area contributed by atoms with Gasteiger partial charge in [-0.2, -0.15) is 10.5 Å². The number of hydrogen-bond acceptors (Lipinski definition) is 2. The van der Waals surface area contributed by atoms with E-state index in [-0.39, 0.29) is 10.8 Å². The van der Waals surface area contributed by atoms with Gasteiger partial charge in [-0.1, -0.05) is 120 Å². The van der Waals surface area contributed by atoms with E-state index >= 15 is 0 Å². The van der Waals surface area contributed by atoms with Gasteiger partial charge in [0.1, 0.15) is 0 Å². The molecule has 0 atom stereocenters. The van der Waals surface area contributed by atoms with Gasteiger partial charge in [0, 0.05) is 21.9 Å². The highest BCUT2D eigenvalue weighted by atomic mass is 15.0. The van der Waals surface area contributed by atoms with Crippen molar-refractivity contribution in [1.82, 2.24) is 4.57 Å². The standard InChI is InChI=1S/C46H39N3/c1-45(2,3)34-18-21-42-40(24-34)41-25-35(46(4,5)6)19-22-43(41)49(42)44-27-37(31-13-9-7-10-14-31)39(26-38(44)32-15-11-8-12-16-32)36-20-17-30(28-47)23-33(36)29-48/h7-27H,1-6H3. The van der Waals surface area contributed by atoms with Crippen LogP contribution in [0.4, 0.5) is 0 Å². The van der Waals surface area contributed by atoms with Gasteiger partial charge in [0.05, 0.1) is 40.0 Å². The van der Waals surface area contributed by atoms with Crippen LogP contribution in [0.5, 0.6) is 0 Å². The fourth-order valence-electron chi connectivity index (χ4n) is 6.86. The number of nitriles is 2. The second-order valence-corrected chi connectivity index (χ2v) is 14.9. The van der Waals surface area contributed by atoms with Crippen molar-refractivity contribution in [3.05, 3.63) is 150 Å². The minimum absolute atomic E-state index is 0.00111. The normalized spacial score (nSPS) is 11.8. The summed E-state index contributed by atoms with van der Waals surface area (Å²) in [6.45, 7) is 13.6. The van der Waals surface area contributed by atoms with E-state index in [0.717, 1.165) is 50.1 Å². The van der Waals surface area contributed by atoms with Gasteiger partial charge in [-0.3, -0.25) is 0 Å². The van der Waals surface area contributed by atoms with Crippen molar-refractivity contribution in [1.29, 1.82) is 10.5 Å². The average Bonchev–Trinajstić information content (AvgIpc) is 3.44. The Hall–Kier alpha value is -5.90. The van der Waals surface area contributed by atoms with E-state index < -0.39 is 0 Å². The molecule has 0 spiro atoms. The van der Waals surface area contributed by atoms with Crippen molar-refractivity contribution in [2.24, 2.45) is 0 Å². The number of aromatic nitrogens is 1. The molecule has 1 aromatic heterocycles. The molecule has 0 saturated heterocycles. The number of rotatable bonds is 4. The Bertz CT molecular complexity index is 2380. The van der Waals surface area contributed by atoms with Gasteiger partial charge in [0.25, 0.3) is 0 Å². The smallest absolute Gasteiger partial charge is 0.0998 e. The molecule has 3 nitrogen and oxygen atoms in total. The lowest BCUT2D eigenvalue weighted by Gasteiger charge is -2.21. The molecule has 0 N–H and O–H groups in total. The zero-order chi connectivity index (χ0) is 34.5. The van der Waals surface area contributed by atoms with Crippen LogP contribution < -0.4 is 0 Å². The van der Waals surface area contributed by atoms with Crippen LogP contribution >= 0.6 is 0 Å². The Morgan fingerprint density at radius 1 is 0.469 bits per heavy atom. The van der Waals surface area contributed by atoms with Crippen LogP contribution in [0.25, 0.3) is 60.9 Å². The molecule has 0 unspecified atom stereocenters. The second-order valence-electron chi connectivity index (χ2n) is 14.9. The Morgan fingerprint density at radius 2 is 1.00 bits per heavy atom.